The maximum Gasteiger partial charge on any atom is 0.275 e. The molecule has 4 aromatic rings. The fraction of sp³-hybridized carbons (Fsp3) is 0.182. The molecule has 4 rings (SSSR count). The molecule has 152 valence electrons. The van der Waals surface area contributed by atoms with Crippen molar-refractivity contribution in [2.24, 2.45) is 0 Å². The molecule has 1 amide bonds. The van der Waals surface area contributed by atoms with Crippen LogP contribution in [-0.4, -0.2) is 25.1 Å². The maximum atomic E-state index is 12.7. The van der Waals surface area contributed by atoms with E-state index in [0.717, 1.165) is 6.42 Å². The van der Waals surface area contributed by atoms with Crippen molar-refractivity contribution in [1.29, 1.82) is 0 Å². The molecular weight excluding hydrogens is 402 g/mol. The number of aromatic nitrogens is 4. The van der Waals surface area contributed by atoms with Crippen LogP contribution in [-0.2, 0) is 17.8 Å². The number of aryl methyl sites for hydroxylation is 2. The summed E-state index contributed by atoms with van der Waals surface area (Å²) in [4.78, 5) is 29.6. The van der Waals surface area contributed by atoms with Gasteiger partial charge in [0.1, 0.15) is 6.54 Å². The number of carbonyl (C=O) groups is 1. The zero-order valence-corrected chi connectivity index (χ0v) is 17.3. The van der Waals surface area contributed by atoms with Crippen LogP contribution in [0.1, 0.15) is 18.2 Å². The molecule has 0 atom stereocenters. The summed E-state index contributed by atoms with van der Waals surface area (Å²) in [5, 5.41) is 7.67. The van der Waals surface area contributed by atoms with Gasteiger partial charge in [0.05, 0.1) is 5.02 Å². The normalized spacial score (nSPS) is 11.0. The lowest BCUT2D eigenvalue weighted by atomic mass is 10.1. The third-order valence-electron chi connectivity index (χ3n) is 4.86. The van der Waals surface area contributed by atoms with Crippen molar-refractivity contribution in [3.05, 3.63) is 81.2 Å². The van der Waals surface area contributed by atoms with Gasteiger partial charge in [0.2, 0.25) is 11.7 Å². The number of anilines is 1. The Balaban J connectivity index is 1.68. The summed E-state index contributed by atoms with van der Waals surface area (Å²) >= 11 is 6.26. The monoisotopic (exact) mass is 421 g/mol. The molecule has 0 unspecified atom stereocenters. The van der Waals surface area contributed by atoms with E-state index >= 15 is 0 Å². The second kappa shape index (κ2) is 8.12. The lowest BCUT2D eigenvalue weighted by Crippen LogP contribution is -2.25. The fourth-order valence-corrected chi connectivity index (χ4v) is 3.44. The number of hydrogen-bond acceptors (Lipinski definition) is 4. The van der Waals surface area contributed by atoms with Gasteiger partial charge in [-0.05, 0) is 43.2 Å². The highest BCUT2D eigenvalue weighted by Crippen LogP contribution is 2.25. The van der Waals surface area contributed by atoms with E-state index in [1.165, 1.54) is 16.1 Å². The summed E-state index contributed by atoms with van der Waals surface area (Å²) in [5.41, 5.74) is 2.82. The standard InChI is InChI=1S/C22H20ClN5O2/c1-3-15-8-10-16(11-9-15)24-19(29)13-27-14(2)12-20(30)28-22(27)25-21(26-28)17-6-4-5-7-18(17)23/h4-12H,3,13H2,1-2H3,(H,24,29). The number of benzene rings is 2. The van der Waals surface area contributed by atoms with Crippen LogP contribution in [0.3, 0.4) is 0 Å². The Bertz CT molecular complexity index is 1290. The van der Waals surface area contributed by atoms with Crippen molar-refractivity contribution in [3.63, 3.8) is 0 Å². The molecule has 0 aliphatic heterocycles. The Labute approximate surface area is 178 Å². The van der Waals surface area contributed by atoms with E-state index in [9.17, 15) is 9.59 Å². The number of halogens is 1. The van der Waals surface area contributed by atoms with Gasteiger partial charge >= 0.3 is 0 Å². The molecule has 8 heteroatoms. The summed E-state index contributed by atoms with van der Waals surface area (Å²) in [6.45, 7) is 3.83. The van der Waals surface area contributed by atoms with Crippen molar-refractivity contribution in [3.8, 4) is 11.4 Å². The molecule has 2 heterocycles. The number of hydrogen-bond donors (Lipinski definition) is 1. The first-order valence-corrected chi connectivity index (χ1v) is 9.95. The maximum absolute atomic E-state index is 12.7. The Hall–Kier alpha value is -3.45. The minimum Gasteiger partial charge on any atom is -0.325 e. The predicted octanol–water partition coefficient (Wildman–Crippen LogP) is 3.72. The second-order valence-electron chi connectivity index (χ2n) is 6.94. The van der Waals surface area contributed by atoms with Crippen LogP contribution in [0.5, 0.6) is 0 Å². The van der Waals surface area contributed by atoms with E-state index in [0.29, 0.717) is 27.8 Å². The zero-order chi connectivity index (χ0) is 21.3. The first-order valence-electron chi connectivity index (χ1n) is 9.57. The molecule has 0 spiro atoms. The van der Waals surface area contributed by atoms with Gasteiger partial charge in [-0.3, -0.25) is 9.59 Å². The Kier molecular flexibility index (Phi) is 5.37. The van der Waals surface area contributed by atoms with Crippen LogP contribution < -0.4 is 10.9 Å². The third-order valence-corrected chi connectivity index (χ3v) is 5.19. The molecule has 0 saturated heterocycles. The van der Waals surface area contributed by atoms with Gasteiger partial charge in [-0.1, -0.05) is 42.8 Å². The van der Waals surface area contributed by atoms with Crippen molar-refractivity contribution in [2.75, 3.05) is 5.32 Å². The lowest BCUT2D eigenvalue weighted by Gasteiger charge is -2.12. The van der Waals surface area contributed by atoms with Crippen LogP contribution in [0.15, 0.2) is 59.4 Å². The highest BCUT2D eigenvalue weighted by molar-refractivity contribution is 6.33. The SMILES string of the molecule is CCc1ccc(NC(=O)Cn2c(C)cc(=O)n3nc(-c4ccccc4Cl)nc23)cc1. The first-order chi connectivity index (χ1) is 14.5. The number of amides is 1. The highest BCUT2D eigenvalue weighted by Gasteiger charge is 2.17. The number of nitrogens with one attached hydrogen (secondary N) is 1. The quantitative estimate of drug-likeness (QED) is 0.532. The number of nitrogens with zero attached hydrogens (tertiary/aromatic N) is 4. The number of carbonyl (C=O) groups excluding carboxylic acids is 1. The molecule has 0 fully saturated rings. The summed E-state index contributed by atoms with van der Waals surface area (Å²) in [7, 11) is 0. The summed E-state index contributed by atoms with van der Waals surface area (Å²) < 4.78 is 2.85. The second-order valence-corrected chi connectivity index (χ2v) is 7.34. The summed E-state index contributed by atoms with van der Waals surface area (Å²) in [6, 6.07) is 16.3. The molecule has 0 aliphatic rings. The van der Waals surface area contributed by atoms with E-state index < -0.39 is 0 Å². The van der Waals surface area contributed by atoms with Gasteiger partial charge in [0.25, 0.3) is 5.56 Å². The average molecular weight is 422 g/mol. The lowest BCUT2D eigenvalue weighted by molar-refractivity contribution is -0.116. The van der Waals surface area contributed by atoms with Gasteiger partial charge in [-0.2, -0.15) is 9.50 Å². The molecule has 1 N–H and O–H groups in total. The van der Waals surface area contributed by atoms with E-state index in [4.69, 9.17) is 11.6 Å². The highest BCUT2D eigenvalue weighted by atomic mass is 35.5. The molecule has 0 aliphatic carbocycles. The van der Waals surface area contributed by atoms with Crippen molar-refractivity contribution >= 4 is 29.0 Å². The molecule has 2 aromatic carbocycles. The topological polar surface area (TPSA) is 81.3 Å². The largest absolute Gasteiger partial charge is 0.325 e. The summed E-state index contributed by atoms with van der Waals surface area (Å²) in [5.74, 6) is 0.384. The average Bonchev–Trinajstić information content (AvgIpc) is 3.18. The number of rotatable bonds is 5. The van der Waals surface area contributed by atoms with Crippen LogP contribution >= 0.6 is 11.6 Å². The van der Waals surface area contributed by atoms with Crippen molar-refractivity contribution in [1.82, 2.24) is 19.2 Å². The number of fused-ring (bicyclic) bond motifs is 1. The molecule has 0 bridgehead atoms. The van der Waals surface area contributed by atoms with Gasteiger partial charge in [-0.15, -0.1) is 5.10 Å². The van der Waals surface area contributed by atoms with Gasteiger partial charge in [-0.25, -0.2) is 0 Å². The van der Waals surface area contributed by atoms with E-state index in [-0.39, 0.29) is 23.8 Å². The molecule has 7 nitrogen and oxygen atoms in total. The smallest absolute Gasteiger partial charge is 0.275 e. The minimum absolute atomic E-state index is 0.00814. The van der Waals surface area contributed by atoms with Crippen LogP contribution in [0.25, 0.3) is 17.2 Å². The van der Waals surface area contributed by atoms with E-state index in [1.54, 1.807) is 23.6 Å². The van der Waals surface area contributed by atoms with Gasteiger partial charge in [0.15, 0.2) is 5.82 Å². The minimum atomic E-state index is -0.319. The van der Waals surface area contributed by atoms with Crippen LogP contribution in [0.4, 0.5) is 5.69 Å². The fourth-order valence-electron chi connectivity index (χ4n) is 3.22. The van der Waals surface area contributed by atoms with Gasteiger partial charge in [0, 0.05) is 23.0 Å². The Morgan fingerprint density at radius 3 is 2.57 bits per heavy atom. The molecule has 30 heavy (non-hydrogen) atoms. The molecule has 0 radical (unpaired) electrons. The zero-order valence-electron chi connectivity index (χ0n) is 16.6. The van der Waals surface area contributed by atoms with E-state index in [2.05, 4.69) is 22.3 Å². The van der Waals surface area contributed by atoms with E-state index in [1.807, 2.05) is 36.4 Å². The third kappa shape index (κ3) is 3.84. The first kappa shape index (κ1) is 19.8. The van der Waals surface area contributed by atoms with Crippen molar-refractivity contribution in [2.45, 2.75) is 26.8 Å². The Morgan fingerprint density at radius 2 is 1.87 bits per heavy atom. The predicted molar refractivity (Wildman–Crippen MR) is 117 cm³/mol. The summed E-state index contributed by atoms with van der Waals surface area (Å²) in [6.07, 6.45) is 0.934. The Morgan fingerprint density at radius 1 is 1.13 bits per heavy atom. The molecule has 0 saturated carbocycles. The molecule has 2 aromatic heterocycles. The molecular formula is C22H20ClN5O2. The van der Waals surface area contributed by atoms with Gasteiger partial charge < -0.3 is 9.88 Å². The van der Waals surface area contributed by atoms with Crippen molar-refractivity contribution < 1.29 is 4.79 Å². The van der Waals surface area contributed by atoms with Crippen LogP contribution in [0.2, 0.25) is 5.02 Å². The van der Waals surface area contributed by atoms with Crippen LogP contribution in [0, 0.1) is 6.92 Å².